The van der Waals surface area contributed by atoms with Gasteiger partial charge in [0, 0.05) is 23.5 Å². The third-order valence-electron chi connectivity index (χ3n) is 3.57. The summed E-state index contributed by atoms with van der Waals surface area (Å²) in [5.41, 5.74) is 0.254. The number of thioether (sulfide) groups is 1. The number of nitrogens with zero attached hydrogens (tertiary/aromatic N) is 2. The SMILES string of the molecule is O=C(Oc1ccc(Cl)c(Cl)c1)SC(c1ccc(Cl)cc1)C(Cl)n1ccnc1. The molecule has 0 aliphatic heterocycles. The van der Waals surface area contributed by atoms with Crippen LogP contribution in [0.4, 0.5) is 4.79 Å². The highest BCUT2D eigenvalue weighted by molar-refractivity contribution is 8.13. The van der Waals surface area contributed by atoms with Crippen molar-refractivity contribution in [3.63, 3.8) is 0 Å². The molecule has 0 amide bonds. The van der Waals surface area contributed by atoms with Gasteiger partial charge < -0.3 is 9.30 Å². The molecular weight excluding hydrogens is 450 g/mol. The van der Waals surface area contributed by atoms with Gasteiger partial charge in [-0.15, -0.1) is 0 Å². The molecule has 0 spiro atoms. The average molecular weight is 462 g/mol. The van der Waals surface area contributed by atoms with Crippen LogP contribution in [0.1, 0.15) is 16.3 Å². The second-order valence-corrected chi connectivity index (χ2v) is 8.18. The molecular formula is C18H12Cl4N2O2S. The van der Waals surface area contributed by atoms with Gasteiger partial charge in [-0.3, -0.25) is 0 Å². The molecule has 0 aliphatic rings. The van der Waals surface area contributed by atoms with Crippen LogP contribution >= 0.6 is 58.2 Å². The average Bonchev–Trinajstić information content (AvgIpc) is 3.18. The first-order valence-electron chi connectivity index (χ1n) is 7.64. The maximum atomic E-state index is 12.5. The van der Waals surface area contributed by atoms with E-state index in [9.17, 15) is 4.79 Å². The molecule has 2 atom stereocenters. The zero-order valence-corrected chi connectivity index (χ0v) is 17.4. The minimum atomic E-state index is -0.569. The maximum absolute atomic E-state index is 12.5. The summed E-state index contributed by atoms with van der Waals surface area (Å²) in [6.07, 6.45) is 4.93. The molecule has 0 bridgehead atoms. The van der Waals surface area contributed by atoms with Crippen molar-refractivity contribution in [3.8, 4) is 5.75 Å². The Hall–Kier alpha value is -1.37. The first kappa shape index (κ1) is 20.4. The van der Waals surface area contributed by atoms with Crippen molar-refractivity contribution in [3.05, 3.63) is 81.8 Å². The zero-order valence-electron chi connectivity index (χ0n) is 13.6. The van der Waals surface area contributed by atoms with Gasteiger partial charge in [0.05, 0.1) is 21.6 Å². The fraction of sp³-hybridized carbons (Fsp3) is 0.111. The lowest BCUT2D eigenvalue weighted by molar-refractivity contribution is 0.227. The van der Waals surface area contributed by atoms with E-state index in [2.05, 4.69) is 4.98 Å². The number of aromatic nitrogens is 2. The Bertz CT molecular complexity index is 920. The first-order chi connectivity index (χ1) is 12.9. The number of halogens is 4. The molecule has 0 fully saturated rings. The summed E-state index contributed by atoms with van der Waals surface area (Å²) < 4.78 is 7.07. The van der Waals surface area contributed by atoms with E-state index in [0.29, 0.717) is 20.8 Å². The van der Waals surface area contributed by atoms with Crippen LogP contribution in [-0.4, -0.2) is 14.9 Å². The molecule has 2 unspecified atom stereocenters. The topological polar surface area (TPSA) is 44.1 Å². The molecule has 9 heteroatoms. The van der Waals surface area contributed by atoms with Gasteiger partial charge in [0.25, 0.3) is 0 Å². The lowest BCUT2D eigenvalue weighted by Gasteiger charge is -2.22. The number of hydrogen-bond acceptors (Lipinski definition) is 4. The highest BCUT2D eigenvalue weighted by Crippen LogP contribution is 2.42. The monoisotopic (exact) mass is 460 g/mol. The summed E-state index contributed by atoms with van der Waals surface area (Å²) in [7, 11) is 0. The molecule has 2 aromatic carbocycles. The summed E-state index contributed by atoms with van der Waals surface area (Å²) in [5, 5.41) is 0.307. The van der Waals surface area contributed by atoms with Crippen LogP contribution in [0, 0.1) is 0 Å². The molecule has 1 aromatic heterocycles. The molecule has 0 saturated heterocycles. The predicted octanol–water partition coefficient (Wildman–Crippen LogP) is 7.25. The molecule has 0 aliphatic carbocycles. The largest absolute Gasteiger partial charge is 0.418 e. The first-order valence-corrected chi connectivity index (χ1v) is 10.1. The Morgan fingerprint density at radius 1 is 1.07 bits per heavy atom. The van der Waals surface area contributed by atoms with E-state index < -0.39 is 16.1 Å². The Morgan fingerprint density at radius 3 is 2.44 bits per heavy atom. The number of imidazole rings is 1. The van der Waals surface area contributed by atoms with Crippen molar-refractivity contribution in [1.29, 1.82) is 0 Å². The number of hydrogen-bond donors (Lipinski definition) is 0. The van der Waals surface area contributed by atoms with Crippen LogP contribution in [0.3, 0.4) is 0 Å². The van der Waals surface area contributed by atoms with Gasteiger partial charge >= 0.3 is 5.30 Å². The fourth-order valence-electron chi connectivity index (χ4n) is 2.27. The van der Waals surface area contributed by atoms with E-state index in [4.69, 9.17) is 51.1 Å². The van der Waals surface area contributed by atoms with Crippen LogP contribution in [0.5, 0.6) is 5.75 Å². The van der Waals surface area contributed by atoms with Crippen molar-refractivity contribution in [2.45, 2.75) is 10.8 Å². The minimum Gasteiger partial charge on any atom is -0.418 e. The Morgan fingerprint density at radius 2 is 1.81 bits per heavy atom. The van der Waals surface area contributed by atoms with E-state index in [1.165, 1.54) is 6.07 Å². The Kier molecular flexibility index (Phi) is 6.95. The highest BCUT2D eigenvalue weighted by Gasteiger charge is 2.27. The number of ether oxygens (including phenoxy) is 1. The van der Waals surface area contributed by atoms with Gasteiger partial charge in [-0.25, -0.2) is 9.78 Å². The fourth-order valence-corrected chi connectivity index (χ4v) is 4.00. The summed E-state index contributed by atoms with van der Waals surface area (Å²) in [5.74, 6) is 0.297. The van der Waals surface area contributed by atoms with E-state index in [1.54, 1.807) is 47.6 Å². The van der Waals surface area contributed by atoms with Crippen molar-refractivity contribution < 1.29 is 9.53 Å². The van der Waals surface area contributed by atoms with Crippen LogP contribution in [-0.2, 0) is 0 Å². The van der Waals surface area contributed by atoms with Crippen molar-refractivity contribution in [2.24, 2.45) is 0 Å². The van der Waals surface area contributed by atoms with Gasteiger partial charge in [-0.1, -0.05) is 58.5 Å². The summed E-state index contributed by atoms with van der Waals surface area (Å²) in [4.78, 5) is 16.5. The van der Waals surface area contributed by atoms with Gasteiger partial charge in [0.1, 0.15) is 11.3 Å². The van der Waals surface area contributed by atoms with E-state index in [0.717, 1.165) is 17.3 Å². The number of carbonyl (C=O) groups is 1. The third kappa shape index (κ3) is 5.33. The number of benzene rings is 2. The molecule has 0 saturated carbocycles. The van der Waals surface area contributed by atoms with Crippen molar-refractivity contribution >= 4 is 63.5 Å². The van der Waals surface area contributed by atoms with E-state index in [1.807, 2.05) is 12.1 Å². The number of alkyl halides is 1. The third-order valence-corrected chi connectivity index (χ3v) is 6.25. The lowest BCUT2D eigenvalue weighted by Crippen LogP contribution is -2.13. The summed E-state index contributed by atoms with van der Waals surface area (Å²) in [6.45, 7) is 0. The normalized spacial score (nSPS) is 13.2. The standard InChI is InChI=1S/C18H12Cl4N2O2S/c19-12-3-1-11(2-4-12)16(17(22)24-8-7-23-10-24)27-18(25)26-13-5-6-14(20)15(21)9-13/h1-10,16-17H. The quantitative estimate of drug-likeness (QED) is 0.296. The second kappa shape index (κ2) is 9.22. The van der Waals surface area contributed by atoms with E-state index >= 15 is 0 Å². The molecule has 3 aromatic rings. The van der Waals surface area contributed by atoms with Crippen LogP contribution in [0.25, 0.3) is 0 Å². The summed E-state index contributed by atoms with van der Waals surface area (Å²) in [6, 6.07) is 11.7. The maximum Gasteiger partial charge on any atom is 0.373 e. The molecule has 3 rings (SSSR count). The highest BCUT2D eigenvalue weighted by atomic mass is 35.5. The molecule has 140 valence electrons. The number of carbonyl (C=O) groups excluding carboxylic acids is 1. The lowest BCUT2D eigenvalue weighted by atomic mass is 10.1. The van der Waals surface area contributed by atoms with Crippen LogP contribution in [0.15, 0.2) is 61.2 Å². The molecule has 1 heterocycles. The Balaban J connectivity index is 1.80. The van der Waals surface area contributed by atoms with E-state index in [-0.39, 0.29) is 0 Å². The van der Waals surface area contributed by atoms with Gasteiger partial charge in [-0.2, -0.15) is 0 Å². The predicted molar refractivity (Wildman–Crippen MR) is 111 cm³/mol. The van der Waals surface area contributed by atoms with Crippen molar-refractivity contribution in [1.82, 2.24) is 9.55 Å². The van der Waals surface area contributed by atoms with Crippen LogP contribution in [0.2, 0.25) is 15.1 Å². The smallest absolute Gasteiger partial charge is 0.373 e. The van der Waals surface area contributed by atoms with Gasteiger partial charge in [0.2, 0.25) is 0 Å². The number of rotatable bonds is 5. The zero-order chi connectivity index (χ0) is 19.4. The molecule has 27 heavy (non-hydrogen) atoms. The minimum absolute atomic E-state index is 0.297. The second-order valence-electron chi connectivity index (χ2n) is 5.40. The van der Waals surface area contributed by atoms with Crippen molar-refractivity contribution in [2.75, 3.05) is 0 Å². The Labute approximate surface area is 180 Å². The summed E-state index contributed by atoms with van der Waals surface area (Å²) >= 11 is 25.4. The molecule has 0 N–H and O–H groups in total. The molecule has 0 radical (unpaired) electrons. The van der Waals surface area contributed by atoms with Gasteiger partial charge in [0.15, 0.2) is 0 Å². The van der Waals surface area contributed by atoms with Crippen LogP contribution < -0.4 is 4.74 Å². The molecule has 4 nitrogen and oxygen atoms in total. The van der Waals surface area contributed by atoms with Gasteiger partial charge in [-0.05, 0) is 41.6 Å².